The zero-order valence-electron chi connectivity index (χ0n) is 13.8. The molecular weight excluding hydrogens is 363 g/mol. The van der Waals surface area contributed by atoms with Crippen LogP contribution >= 0.6 is 11.6 Å². The van der Waals surface area contributed by atoms with E-state index in [2.05, 4.69) is 15.4 Å². The Morgan fingerprint density at radius 3 is 2.58 bits per heavy atom. The van der Waals surface area contributed by atoms with E-state index in [0.717, 1.165) is 0 Å². The van der Waals surface area contributed by atoms with Crippen molar-refractivity contribution in [2.75, 3.05) is 19.0 Å². The van der Waals surface area contributed by atoms with E-state index in [-0.39, 0.29) is 29.2 Å². The van der Waals surface area contributed by atoms with Gasteiger partial charge < -0.3 is 15.4 Å². The molecule has 0 aromatic heterocycles. The van der Waals surface area contributed by atoms with Gasteiger partial charge >= 0.3 is 5.97 Å². The number of nitrogens with one attached hydrogen (secondary N) is 2. The van der Waals surface area contributed by atoms with Crippen LogP contribution in [-0.4, -0.2) is 31.4 Å². The first-order valence-electron chi connectivity index (χ1n) is 7.58. The van der Waals surface area contributed by atoms with Crippen molar-refractivity contribution in [1.82, 2.24) is 5.32 Å². The first kappa shape index (κ1) is 19.4. The van der Waals surface area contributed by atoms with Gasteiger partial charge in [0.1, 0.15) is 5.82 Å². The fourth-order valence-corrected chi connectivity index (χ4v) is 2.30. The topological polar surface area (TPSA) is 84.5 Å². The summed E-state index contributed by atoms with van der Waals surface area (Å²) in [5, 5.41) is 5.17. The number of esters is 1. The maximum absolute atomic E-state index is 13.1. The molecule has 0 fully saturated rings. The number of halogens is 2. The van der Waals surface area contributed by atoms with Crippen LogP contribution in [0.1, 0.15) is 15.9 Å². The number of benzene rings is 2. The Morgan fingerprint density at radius 2 is 1.88 bits per heavy atom. The van der Waals surface area contributed by atoms with Gasteiger partial charge in [0, 0.05) is 0 Å². The van der Waals surface area contributed by atoms with E-state index in [4.69, 9.17) is 11.6 Å². The highest BCUT2D eigenvalue weighted by Crippen LogP contribution is 2.23. The summed E-state index contributed by atoms with van der Waals surface area (Å²) in [7, 11) is 1.24. The van der Waals surface area contributed by atoms with Crippen molar-refractivity contribution in [2.45, 2.75) is 6.42 Å². The quantitative estimate of drug-likeness (QED) is 0.757. The van der Waals surface area contributed by atoms with E-state index in [1.807, 2.05) is 0 Å². The lowest BCUT2D eigenvalue weighted by atomic mass is 10.1. The molecule has 26 heavy (non-hydrogen) atoms. The van der Waals surface area contributed by atoms with Crippen LogP contribution in [0, 0.1) is 5.82 Å². The van der Waals surface area contributed by atoms with Gasteiger partial charge in [-0.3, -0.25) is 9.59 Å². The van der Waals surface area contributed by atoms with Gasteiger partial charge in [-0.15, -0.1) is 0 Å². The van der Waals surface area contributed by atoms with Crippen LogP contribution in [0.5, 0.6) is 0 Å². The molecule has 0 atom stereocenters. The predicted molar refractivity (Wildman–Crippen MR) is 94.5 cm³/mol. The van der Waals surface area contributed by atoms with E-state index in [9.17, 15) is 18.8 Å². The van der Waals surface area contributed by atoms with Gasteiger partial charge in [-0.25, -0.2) is 9.18 Å². The Balaban J connectivity index is 1.90. The van der Waals surface area contributed by atoms with Gasteiger partial charge in [-0.1, -0.05) is 23.7 Å². The summed E-state index contributed by atoms with van der Waals surface area (Å²) in [6.45, 7) is -0.299. The van der Waals surface area contributed by atoms with Crippen LogP contribution in [-0.2, 0) is 20.7 Å². The molecule has 0 heterocycles. The minimum atomic E-state index is -0.569. The average molecular weight is 379 g/mol. The number of carbonyl (C=O) groups excluding carboxylic acids is 3. The van der Waals surface area contributed by atoms with Crippen molar-refractivity contribution >= 4 is 35.1 Å². The zero-order chi connectivity index (χ0) is 19.1. The maximum Gasteiger partial charge on any atom is 0.337 e. The number of methoxy groups -OCH3 is 1. The molecule has 2 aromatic rings. The van der Waals surface area contributed by atoms with Crippen molar-refractivity contribution < 1.29 is 23.5 Å². The van der Waals surface area contributed by atoms with Gasteiger partial charge in [0.2, 0.25) is 11.8 Å². The third kappa shape index (κ3) is 5.56. The van der Waals surface area contributed by atoms with Gasteiger partial charge in [0.15, 0.2) is 0 Å². The van der Waals surface area contributed by atoms with E-state index in [0.29, 0.717) is 5.56 Å². The summed E-state index contributed by atoms with van der Waals surface area (Å²) in [6.07, 6.45) is -0.0520. The smallest absolute Gasteiger partial charge is 0.337 e. The number of anilines is 1. The monoisotopic (exact) mass is 378 g/mol. The molecule has 0 unspecified atom stereocenters. The Kier molecular flexibility index (Phi) is 6.68. The van der Waals surface area contributed by atoms with Crippen molar-refractivity contribution in [3.8, 4) is 0 Å². The number of carbonyl (C=O) groups is 3. The van der Waals surface area contributed by atoms with E-state index >= 15 is 0 Å². The van der Waals surface area contributed by atoms with E-state index < -0.39 is 23.6 Å². The second-order valence-electron chi connectivity index (χ2n) is 5.32. The van der Waals surface area contributed by atoms with Crippen LogP contribution in [0.15, 0.2) is 42.5 Å². The fourth-order valence-electron chi connectivity index (χ4n) is 2.13. The molecule has 0 spiro atoms. The molecule has 8 heteroatoms. The number of hydrogen-bond acceptors (Lipinski definition) is 4. The normalized spacial score (nSPS) is 10.1. The van der Waals surface area contributed by atoms with Crippen molar-refractivity contribution in [3.05, 3.63) is 64.4 Å². The fraction of sp³-hybridized carbons (Fsp3) is 0.167. The van der Waals surface area contributed by atoms with Gasteiger partial charge in [0.25, 0.3) is 0 Å². The molecule has 0 aliphatic carbocycles. The molecular formula is C18H16ClFN2O4. The van der Waals surface area contributed by atoms with Crippen LogP contribution in [0.2, 0.25) is 5.02 Å². The molecule has 0 saturated carbocycles. The molecule has 0 aliphatic heterocycles. The van der Waals surface area contributed by atoms with Crippen LogP contribution in [0.25, 0.3) is 0 Å². The second kappa shape index (κ2) is 8.96. The number of amides is 2. The van der Waals surface area contributed by atoms with Crippen molar-refractivity contribution in [1.29, 1.82) is 0 Å². The lowest BCUT2D eigenvalue weighted by Crippen LogP contribution is -2.33. The molecule has 136 valence electrons. The summed E-state index contributed by atoms with van der Waals surface area (Å²) in [5.74, 6) is -1.96. The molecule has 2 N–H and O–H groups in total. The molecule has 0 bridgehead atoms. The third-order valence-corrected chi connectivity index (χ3v) is 3.69. The minimum Gasteiger partial charge on any atom is -0.465 e. The summed E-state index contributed by atoms with van der Waals surface area (Å²) >= 11 is 5.98. The first-order chi connectivity index (χ1) is 12.4. The molecule has 0 saturated heterocycles. The Morgan fingerprint density at radius 1 is 1.12 bits per heavy atom. The minimum absolute atomic E-state index is 0.0520. The molecule has 2 amide bonds. The number of hydrogen-bond donors (Lipinski definition) is 2. The van der Waals surface area contributed by atoms with Crippen LogP contribution in [0.4, 0.5) is 10.1 Å². The predicted octanol–water partition coefficient (Wildman–Crippen LogP) is 2.56. The van der Waals surface area contributed by atoms with Gasteiger partial charge in [-0.2, -0.15) is 0 Å². The average Bonchev–Trinajstić information content (AvgIpc) is 2.61. The highest BCUT2D eigenvalue weighted by atomic mass is 35.5. The maximum atomic E-state index is 13.1. The lowest BCUT2D eigenvalue weighted by Gasteiger charge is -2.10. The highest BCUT2D eigenvalue weighted by molar-refractivity contribution is 6.33. The molecule has 2 rings (SSSR count). The van der Waals surface area contributed by atoms with Crippen LogP contribution in [0.3, 0.4) is 0 Å². The molecule has 0 radical (unpaired) electrons. The standard InChI is InChI=1S/C18H16ClFN2O4/c1-26-18(25)12-5-6-14(19)15(9-12)22-17(24)10-21-16(23)8-11-3-2-4-13(20)7-11/h2-7,9H,8,10H2,1H3,(H,21,23)(H,22,24). The Labute approximate surface area is 154 Å². The molecule has 2 aromatic carbocycles. The van der Waals surface area contributed by atoms with Gasteiger partial charge in [0.05, 0.1) is 36.3 Å². The lowest BCUT2D eigenvalue weighted by molar-refractivity contribution is -0.123. The summed E-state index contributed by atoms with van der Waals surface area (Å²) in [4.78, 5) is 35.3. The van der Waals surface area contributed by atoms with Crippen molar-refractivity contribution in [2.24, 2.45) is 0 Å². The highest BCUT2D eigenvalue weighted by Gasteiger charge is 2.12. The Bertz CT molecular complexity index is 842. The van der Waals surface area contributed by atoms with Crippen molar-refractivity contribution in [3.63, 3.8) is 0 Å². The summed E-state index contributed by atoms with van der Waals surface area (Å²) in [5.41, 5.74) is 0.943. The molecule has 0 aliphatic rings. The SMILES string of the molecule is COC(=O)c1ccc(Cl)c(NC(=O)CNC(=O)Cc2cccc(F)c2)c1. The summed E-state index contributed by atoms with van der Waals surface area (Å²) in [6, 6.07) is 9.93. The van der Waals surface area contributed by atoms with E-state index in [1.165, 1.54) is 43.5 Å². The summed E-state index contributed by atoms with van der Waals surface area (Å²) < 4.78 is 17.7. The Hall–Kier alpha value is -2.93. The van der Waals surface area contributed by atoms with E-state index in [1.54, 1.807) is 6.07 Å². The van der Waals surface area contributed by atoms with Crippen LogP contribution < -0.4 is 10.6 Å². The number of rotatable bonds is 6. The second-order valence-corrected chi connectivity index (χ2v) is 5.73. The number of ether oxygens (including phenoxy) is 1. The zero-order valence-corrected chi connectivity index (χ0v) is 14.6. The van der Waals surface area contributed by atoms with Gasteiger partial charge in [-0.05, 0) is 35.9 Å². The first-order valence-corrected chi connectivity index (χ1v) is 7.95. The molecule has 6 nitrogen and oxygen atoms in total. The third-order valence-electron chi connectivity index (χ3n) is 3.36. The largest absolute Gasteiger partial charge is 0.465 e.